The summed E-state index contributed by atoms with van der Waals surface area (Å²) in [4.78, 5) is 8.15. The van der Waals surface area contributed by atoms with Gasteiger partial charge in [0.05, 0.1) is 0 Å². The van der Waals surface area contributed by atoms with Crippen LogP contribution in [0, 0.1) is 6.07 Å². The van der Waals surface area contributed by atoms with Crippen molar-refractivity contribution in [3.63, 3.8) is 0 Å². The fourth-order valence-corrected chi connectivity index (χ4v) is 1.32. The van der Waals surface area contributed by atoms with E-state index in [9.17, 15) is 0 Å². The van der Waals surface area contributed by atoms with Crippen LogP contribution < -0.4 is 4.98 Å². The van der Waals surface area contributed by atoms with Gasteiger partial charge in [0.1, 0.15) is 0 Å². The van der Waals surface area contributed by atoms with Crippen LogP contribution in [-0.4, -0.2) is 4.98 Å². The molecule has 18 heavy (non-hydrogen) atoms. The summed E-state index contributed by atoms with van der Waals surface area (Å²) in [5.74, 6) is 0.797. The molecule has 0 radical (unpaired) electrons. The van der Waals surface area contributed by atoms with Gasteiger partial charge >= 0.3 is 21.1 Å². The van der Waals surface area contributed by atoms with Gasteiger partial charge in [-0.1, -0.05) is 48.5 Å². The molecular weight excluding hydrogens is 392 g/mol. The van der Waals surface area contributed by atoms with Gasteiger partial charge in [0.15, 0.2) is 0 Å². The Morgan fingerprint density at radius 3 is 2.00 bits per heavy atom. The molecule has 1 heterocycles. The molecule has 0 aliphatic heterocycles. The summed E-state index contributed by atoms with van der Waals surface area (Å²) in [6.45, 7) is 0. The van der Waals surface area contributed by atoms with Crippen LogP contribution in [-0.2, 0) is 21.1 Å². The Morgan fingerprint density at radius 1 is 0.889 bits per heavy atom. The van der Waals surface area contributed by atoms with E-state index in [1.807, 2.05) is 60.7 Å². The molecule has 0 saturated heterocycles. The molecule has 0 aliphatic carbocycles. The zero-order chi connectivity index (χ0) is 11.8. The zero-order valence-electron chi connectivity index (χ0n) is 9.73. The number of benzene rings is 2. The van der Waals surface area contributed by atoms with Crippen molar-refractivity contribution >= 4 is 0 Å². The Hall–Kier alpha value is -1.66. The van der Waals surface area contributed by atoms with Gasteiger partial charge in [0.25, 0.3) is 0 Å². The minimum absolute atomic E-state index is 0. The van der Waals surface area contributed by atoms with Crippen molar-refractivity contribution < 1.29 is 21.1 Å². The van der Waals surface area contributed by atoms with E-state index in [1.54, 1.807) is 12.4 Å². The topological polar surface area (TPSA) is 27.0 Å². The van der Waals surface area contributed by atoms with Gasteiger partial charge in [-0.05, 0) is 5.56 Å². The van der Waals surface area contributed by atoms with Crippen molar-refractivity contribution in [1.29, 1.82) is 0 Å². The van der Waals surface area contributed by atoms with E-state index in [0.29, 0.717) is 0 Å². The van der Waals surface area contributed by atoms with Gasteiger partial charge < -0.3 is 9.97 Å². The first-order chi connectivity index (χ1) is 8.47. The molecule has 0 aliphatic rings. The minimum Gasteiger partial charge on any atom is -0.442 e. The van der Waals surface area contributed by atoms with Crippen molar-refractivity contribution in [3.05, 3.63) is 79.1 Å². The normalized spacial score (nSPS) is 8.67. The largest absolute Gasteiger partial charge is 2.00 e. The fourth-order valence-electron chi connectivity index (χ4n) is 1.32. The second-order valence-corrected chi connectivity index (χ2v) is 3.32. The van der Waals surface area contributed by atoms with Gasteiger partial charge in [-0.25, -0.2) is 0 Å². The van der Waals surface area contributed by atoms with Gasteiger partial charge in [-0.3, -0.25) is 0 Å². The van der Waals surface area contributed by atoms with Crippen LogP contribution in [0.1, 0.15) is 0 Å². The van der Waals surface area contributed by atoms with E-state index < -0.39 is 0 Å². The molecular formula is C15H12N2W. The van der Waals surface area contributed by atoms with Crippen LogP contribution >= 0.6 is 0 Å². The number of hydrogen-bond donors (Lipinski definition) is 0. The molecule has 3 rings (SSSR count). The summed E-state index contributed by atoms with van der Waals surface area (Å²) in [6, 6.07) is 22.4. The first-order valence-electron chi connectivity index (χ1n) is 5.37. The van der Waals surface area contributed by atoms with E-state index in [1.165, 1.54) is 0 Å². The number of nitrogens with zero attached hydrogens (tertiary/aromatic N) is 2. The maximum Gasteiger partial charge on any atom is 2.00 e. The molecule has 0 spiro atoms. The van der Waals surface area contributed by atoms with E-state index in [-0.39, 0.29) is 21.1 Å². The second-order valence-electron chi connectivity index (χ2n) is 3.32. The first-order valence-corrected chi connectivity index (χ1v) is 5.37. The van der Waals surface area contributed by atoms with Crippen LogP contribution in [0.2, 0.25) is 0 Å². The summed E-state index contributed by atoms with van der Waals surface area (Å²) < 4.78 is 0. The monoisotopic (exact) mass is 404 g/mol. The molecule has 0 amide bonds. The number of hydrogen-bond acceptors (Lipinski definition) is 1. The average Bonchev–Trinajstić information content (AvgIpc) is 2.96. The Bertz CT molecular complexity index is 480. The maximum absolute atomic E-state index is 4.08. The predicted molar refractivity (Wildman–Crippen MR) is 68.3 cm³/mol. The van der Waals surface area contributed by atoms with E-state index in [2.05, 4.69) is 16.0 Å². The third-order valence-corrected chi connectivity index (χ3v) is 2.10. The van der Waals surface area contributed by atoms with Crippen molar-refractivity contribution in [1.82, 2.24) is 9.97 Å². The maximum atomic E-state index is 4.08. The minimum atomic E-state index is 0. The van der Waals surface area contributed by atoms with Gasteiger partial charge in [0.2, 0.25) is 0 Å². The quantitative estimate of drug-likeness (QED) is 0.583. The molecule has 0 unspecified atom stereocenters. The van der Waals surface area contributed by atoms with Crippen LogP contribution in [0.15, 0.2) is 73.1 Å². The molecule has 3 aromatic rings. The molecule has 0 saturated carbocycles. The Kier molecular flexibility index (Phi) is 6.75. The first kappa shape index (κ1) is 14.4. The average molecular weight is 404 g/mol. The van der Waals surface area contributed by atoms with Gasteiger partial charge in [0, 0.05) is 0 Å². The smallest absolute Gasteiger partial charge is 0.442 e. The number of rotatable bonds is 1. The van der Waals surface area contributed by atoms with E-state index in [0.717, 1.165) is 11.4 Å². The number of imidazole rings is 1. The molecule has 2 nitrogen and oxygen atoms in total. The van der Waals surface area contributed by atoms with Crippen LogP contribution in [0.4, 0.5) is 0 Å². The summed E-state index contributed by atoms with van der Waals surface area (Å²) in [6.07, 6.45) is 3.39. The zero-order valence-corrected chi connectivity index (χ0v) is 12.7. The second kappa shape index (κ2) is 8.43. The molecule has 2 aromatic carbocycles. The van der Waals surface area contributed by atoms with Crippen molar-refractivity contribution in [2.45, 2.75) is 0 Å². The SMILES string of the molecule is [W+2].[c-]1ccccc1.c1ccc(-c2ncc[n-]2)cc1. The van der Waals surface area contributed by atoms with E-state index in [4.69, 9.17) is 0 Å². The molecule has 0 bridgehead atoms. The van der Waals surface area contributed by atoms with Crippen LogP contribution in [0.25, 0.3) is 11.4 Å². The summed E-state index contributed by atoms with van der Waals surface area (Å²) in [5, 5.41) is 0. The van der Waals surface area contributed by atoms with E-state index >= 15 is 0 Å². The fraction of sp³-hybridized carbons (Fsp3) is 0. The third-order valence-electron chi connectivity index (χ3n) is 2.10. The molecule has 3 heteroatoms. The summed E-state index contributed by atoms with van der Waals surface area (Å²) in [5.41, 5.74) is 1.07. The van der Waals surface area contributed by atoms with Crippen LogP contribution in [0.5, 0.6) is 0 Å². The Labute approximate surface area is 121 Å². The van der Waals surface area contributed by atoms with Gasteiger partial charge in [-0.2, -0.15) is 36.4 Å². The van der Waals surface area contributed by atoms with Gasteiger partial charge in [-0.15, -0.1) is 0 Å². The van der Waals surface area contributed by atoms with Crippen molar-refractivity contribution in [2.24, 2.45) is 0 Å². The molecule has 0 fully saturated rings. The number of aromatic nitrogens is 2. The Morgan fingerprint density at radius 2 is 1.56 bits per heavy atom. The Balaban J connectivity index is 0.000000199. The molecule has 0 N–H and O–H groups in total. The summed E-state index contributed by atoms with van der Waals surface area (Å²) in [7, 11) is 0. The molecule has 0 atom stereocenters. The standard InChI is InChI=1S/C9H7N2.C6H5.W/c1-2-4-8(5-3-1)9-10-6-7-11-9;1-2-4-6-5-3-1;/h1-7H;1-5H;/q2*-1;+2. The van der Waals surface area contributed by atoms with Crippen LogP contribution in [0.3, 0.4) is 0 Å². The predicted octanol–water partition coefficient (Wildman–Crippen LogP) is 3.19. The molecule has 1 aromatic heterocycles. The summed E-state index contributed by atoms with van der Waals surface area (Å²) >= 11 is 0. The third kappa shape index (κ3) is 4.68. The van der Waals surface area contributed by atoms with Crippen molar-refractivity contribution in [3.8, 4) is 11.4 Å². The molecule has 88 valence electrons. The van der Waals surface area contributed by atoms with Crippen molar-refractivity contribution in [2.75, 3.05) is 0 Å².